The molecule has 18 heavy (non-hydrogen) atoms. The first-order valence-electron chi connectivity index (χ1n) is 6.00. The van der Waals surface area contributed by atoms with Crippen molar-refractivity contribution in [1.82, 2.24) is 0 Å². The highest BCUT2D eigenvalue weighted by Crippen LogP contribution is 2.26. The van der Waals surface area contributed by atoms with E-state index in [1.165, 1.54) is 19.2 Å². The highest BCUT2D eigenvalue weighted by Gasteiger charge is 2.11. The SMILES string of the molecule is COCC(CCCN)Nc1ccc(F)cc1OC. The second-order valence-electron chi connectivity index (χ2n) is 4.07. The van der Waals surface area contributed by atoms with Gasteiger partial charge in [-0.2, -0.15) is 0 Å². The molecule has 0 aliphatic heterocycles. The van der Waals surface area contributed by atoms with E-state index in [0.29, 0.717) is 18.9 Å². The number of methoxy groups -OCH3 is 2. The molecule has 1 rings (SSSR count). The fourth-order valence-corrected chi connectivity index (χ4v) is 1.77. The number of nitrogens with one attached hydrogen (secondary N) is 1. The van der Waals surface area contributed by atoms with E-state index in [1.54, 1.807) is 13.2 Å². The molecule has 0 aliphatic carbocycles. The summed E-state index contributed by atoms with van der Waals surface area (Å²) in [5.74, 6) is 0.173. The van der Waals surface area contributed by atoms with Gasteiger partial charge in [0, 0.05) is 19.2 Å². The summed E-state index contributed by atoms with van der Waals surface area (Å²) in [7, 11) is 3.17. The Bertz CT molecular complexity index is 361. The summed E-state index contributed by atoms with van der Waals surface area (Å²) in [6, 6.07) is 4.56. The van der Waals surface area contributed by atoms with Crippen LogP contribution in [0, 0.1) is 5.82 Å². The van der Waals surface area contributed by atoms with Crippen molar-refractivity contribution in [3.05, 3.63) is 24.0 Å². The van der Waals surface area contributed by atoms with Crippen LogP contribution in [0.25, 0.3) is 0 Å². The van der Waals surface area contributed by atoms with Gasteiger partial charge < -0.3 is 20.5 Å². The number of ether oxygens (including phenoxy) is 2. The van der Waals surface area contributed by atoms with E-state index < -0.39 is 0 Å². The molecular formula is C13H21FN2O2. The summed E-state index contributed by atoms with van der Waals surface area (Å²) in [6.07, 6.45) is 1.80. The number of benzene rings is 1. The number of rotatable bonds is 8. The summed E-state index contributed by atoms with van der Waals surface area (Å²) in [5.41, 5.74) is 6.26. The summed E-state index contributed by atoms with van der Waals surface area (Å²) in [4.78, 5) is 0. The van der Waals surface area contributed by atoms with Crippen molar-refractivity contribution in [1.29, 1.82) is 0 Å². The largest absolute Gasteiger partial charge is 0.494 e. The van der Waals surface area contributed by atoms with Gasteiger partial charge in [0.15, 0.2) is 0 Å². The van der Waals surface area contributed by atoms with Gasteiger partial charge in [-0.05, 0) is 31.5 Å². The average Bonchev–Trinajstić information content (AvgIpc) is 2.38. The van der Waals surface area contributed by atoms with E-state index in [2.05, 4.69) is 5.32 Å². The van der Waals surface area contributed by atoms with Gasteiger partial charge in [-0.3, -0.25) is 0 Å². The summed E-state index contributed by atoms with van der Waals surface area (Å²) >= 11 is 0. The molecule has 0 aromatic heterocycles. The minimum atomic E-state index is -0.317. The van der Waals surface area contributed by atoms with Crippen molar-refractivity contribution in [2.24, 2.45) is 5.73 Å². The molecule has 0 aliphatic rings. The maximum atomic E-state index is 13.1. The zero-order valence-electron chi connectivity index (χ0n) is 10.9. The Morgan fingerprint density at radius 3 is 2.78 bits per heavy atom. The lowest BCUT2D eigenvalue weighted by molar-refractivity contribution is 0.182. The minimum absolute atomic E-state index is 0.137. The minimum Gasteiger partial charge on any atom is -0.494 e. The Kier molecular flexibility index (Phi) is 6.46. The molecule has 0 heterocycles. The molecule has 102 valence electrons. The third kappa shape index (κ3) is 4.50. The topological polar surface area (TPSA) is 56.5 Å². The molecule has 4 nitrogen and oxygen atoms in total. The quantitative estimate of drug-likeness (QED) is 0.747. The highest BCUT2D eigenvalue weighted by atomic mass is 19.1. The van der Waals surface area contributed by atoms with Crippen molar-refractivity contribution >= 4 is 5.69 Å². The van der Waals surface area contributed by atoms with Crippen LogP contribution in [0.5, 0.6) is 5.75 Å². The van der Waals surface area contributed by atoms with Crippen molar-refractivity contribution in [3.63, 3.8) is 0 Å². The van der Waals surface area contributed by atoms with Crippen LogP contribution >= 0.6 is 0 Å². The third-order valence-electron chi connectivity index (χ3n) is 2.65. The molecule has 0 amide bonds. The number of hydrogen-bond acceptors (Lipinski definition) is 4. The van der Waals surface area contributed by atoms with Crippen molar-refractivity contribution in [2.75, 3.05) is 32.7 Å². The lowest BCUT2D eigenvalue weighted by atomic mass is 10.1. The predicted molar refractivity (Wildman–Crippen MR) is 70.5 cm³/mol. The maximum Gasteiger partial charge on any atom is 0.144 e. The molecule has 0 fully saturated rings. The Labute approximate surface area is 107 Å². The molecule has 0 saturated heterocycles. The number of anilines is 1. The predicted octanol–water partition coefficient (Wildman–Crippen LogP) is 2.00. The van der Waals surface area contributed by atoms with Crippen LogP contribution in [0.1, 0.15) is 12.8 Å². The number of halogens is 1. The van der Waals surface area contributed by atoms with Crippen LogP contribution in [0.3, 0.4) is 0 Å². The molecule has 5 heteroatoms. The van der Waals surface area contributed by atoms with Crippen molar-refractivity contribution in [2.45, 2.75) is 18.9 Å². The molecule has 0 saturated carbocycles. The zero-order chi connectivity index (χ0) is 13.4. The number of nitrogens with two attached hydrogens (primary N) is 1. The second-order valence-corrected chi connectivity index (χ2v) is 4.07. The zero-order valence-corrected chi connectivity index (χ0v) is 10.9. The molecule has 1 aromatic carbocycles. The second kappa shape index (κ2) is 7.89. The van der Waals surface area contributed by atoms with Crippen LogP contribution in [0.4, 0.5) is 10.1 Å². The molecule has 0 spiro atoms. The first kappa shape index (κ1) is 14.7. The van der Waals surface area contributed by atoms with E-state index in [4.69, 9.17) is 15.2 Å². The van der Waals surface area contributed by atoms with Crippen molar-refractivity contribution in [3.8, 4) is 5.75 Å². The summed E-state index contributed by atoms with van der Waals surface area (Å²) < 4.78 is 23.4. The van der Waals surface area contributed by atoms with Crippen LogP contribution in [0.2, 0.25) is 0 Å². The smallest absolute Gasteiger partial charge is 0.144 e. The maximum absolute atomic E-state index is 13.1. The Hall–Kier alpha value is -1.33. The standard InChI is InChI=1S/C13H21FN2O2/c1-17-9-11(4-3-7-15)16-12-6-5-10(14)8-13(12)18-2/h5-6,8,11,16H,3-4,7,9,15H2,1-2H3. The van der Waals surface area contributed by atoms with Gasteiger partial charge >= 0.3 is 0 Å². The first-order valence-corrected chi connectivity index (χ1v) is 6.00. The molecule has 0 radical (unpaired) electrons. The molecular weight excluding hydrogens is 235 g/mol. The van der Waals surface area contributed by atoms with Gasteiger partial charge in [-0.15, -0.1) is 0 Å². The first-order chi connectivity index (χ1) is 8.71. The van der Waals surface area contributed by atoms with E-state index in [1.807, 2.05) is 0 Å². The van der Waals surface area contributed by atoms with E-state index in [-0.39, 0.29) is 11.9 Å². The number of hydrogen-bond donors (Lipinski definition) is 2. The lowest BCUT2D eigenvalue weighted by Crippen LogP contribution is -2.26. The fourth-order valence-electron chi connectivity index (χ4n) is 1.77. The van der Waals surface area contributed by atoms with Gasteiger partial charge in [0.1, 0.15) is 11.6 Å². The van der Waals surface area contributed by atoms with Gasteiger partial charge in [0.2, 0.25) is 0 Å². The van der Waals surface area contributed by atoms with Gasteiger partial charge in [0.25, 0.3) is 0 Å². The third-order valence-corrected chi connectivity index (χ3v) is 2.65. The van der Waals surface area contributed by atoms with Crippen molar-refractivity contribution < 1.29 is 13.9 Å². The summed E-state index contributed by atoms with van der Waals surface area (Å²) in [6.45, 7) is 1.21. The van der Waals surface area contributed by atoms with Crippen LogP contribution in [0.15, 0.2) is 18.2 Å². The van der Waals surface area contributed by atoms with Gasteiger partial charge in [-0.1, -0.05) is 0 Å². The monoisotopic (exact) mass is 256 g/mol. The Balaban J connectivity index is 2.72. The Morgan fingerprint density at radius 2 is 2.17 bits per heavy atom. The Morgan fingerprint density at radius 1 is 1.39 bits per heavy atom. The van der Waals surface area contributed by atoms with Gasteiger partial charge in [0.05, 0.1) is 19.4 Å². The molecule has 0 bridgehead atoms. The molecule has 1 atom stereocenters. The molecule has 1 unspecified atom stereocenters. The lowest BCUT2D eigenvalue weighted by Gasteiger charge is -2.20. The van der Waals surface area contributed by atoms with Crippen LogP contribution < -0.4 is 15.8 Å². The van der Waals surface area contributed by atoms with E-state index >= 15 is 0 Å². The fraction of sp³-hybridized carbons (Fsp3) is 0.538. The highest BCUT2D eigenvalue weighted by molar-refractivity contribution is 5.57. The van der Waals surface area contributed by atoms with Gasteiger partial charge in [-0.25, -0.2) is 4.39 Å². The van der Waals surface area contributed by atoms with Crippen LogP contribution in [-0.2, 0) is 4.74 Å². The van der Waals surface area contributed by atoms with E-state index in [0.717, 1.165) is 18.5 Å². The van der Waals surface area contributed by atoms with Crippen LogP contribution in [-0.4, -0.2) is 33.4 Å². The average molecular weight is 256 g/mol. The molecule has 1 aromatic rings. The normalized spacial score (nSPS) is 12.2. The molecule has 3 N–H and O–H groups in total. The van der Waals surface area contributed by atoms with E-state index in [9.17, 15) is 4.39 Å². The summed E-state index contributed by atoms with van der Waals surface area (Å²) in [5, 5.41) is 3.29.